The van der Waals surface area contributed by atoms with E-state index in [1.807, 2.05) is 18.2 Å². The van der Waals surface area contributed by atoms with E-state index in [1.165, 1.54) is 5.56 Å². The number of hydrogen-bond acceptors (Lipinski definition) is 2. The number of hydrogen-bond donors (Lipinski definition) is 2. The zero-order chi connectivity index (χ0) is 8.81. The molecular weight excluding hydrogens is 150 g/mol. The van der Waals surface area contributed by atoms with Gasteiger partial charge in [-0.2, -0.15) is 0 Å². The summed E-state index contributed by atoms with van der Waals surface area (Å²) in [5.41, 5.74) is 1.30. The quantitative estimate of drug-likeness (QED) is 0.664. The van der Waals surface area contributed by atoms with Gasteiger partial charge in [0.1, 0.15) is 6.23 Å². The van der Waals surface area contributed by atoms with Gasteiger partial charge >= 0.3 is 0 Å². The van der Waals surface area contributed by atoms with Crippen LogP contribution in [0.15, 0.2) is 30.3 Å². The highest BCUT2D eigenvalue weighted by Crippen LogP contribution is 1.97. The number of nitrogens with one attached hydrogen (secondary N) is 1. The molecular formula is C10H17NO. The molecule has 2 heteroatoms. The molecule has 0 aromatic heterocycles. The van der Waals surface area contributed by atoms with Crippen molar-refractivity contribution in [3.63, 3.8) is 0 Å². The molecule has 0 aliphatic heterocycles. The van der Waals surface area contributed by atoms with E-state index in [2.05, 4.69) is 17.4 Å². The van der Waals surface area contributed by atoms with Crippen LogP contribution in [-0.2, 0) is 6.42 Å². The monoisotopic (exact) mass is 167 g/mol. The molecule has 0 bridgehead atoms. The normalized spacial score (nSPS) is 12.8. The Hall–Kier alpha value is -0.860. The minimum Gasteiger partial charge on any atom is -0.379 e. The van der Waals surface area contributed by atoms with Crippen molar-refractivity contribution in [3.8, 4) is 0 Å². The molecule has 0 aliphatic rings. The second-order valence-corrected chi connectivity index (χ2v) is 2.87. The summed E-state index contributed by atoms with van der Waals surface area (Å²) in [5.74, 6) is 0. The highest BCUT2D eigenvalue weighted by molar-refractivity contribution is 5.14. The zero-order valence-corrected chi connectivity index (χ0v) is 7.33. The second-order valence-electron chi connectivity index (χ2n) is 2.87. The summed E-state index contributed by atoms with van der Waals surface area (Å²) >= 11 is 0. The molecule has 0 amide bonds. The molecule has 0 saturated carbocycles. The molecule has 1 unspecified atom stereocenters. The summed E-state index contributed by atoms with van der Waals surface area (Å²) in [6, 6.07) is 10.2. The van der Waals surface area contributed by atoms with E-state index in [9.17, 15) is 0 Å². The zero-order valence-electron chi connectivity index (χ0n) is 7.33. The van der Waals surface area contributed by atoms with Gasteiger partial charge in [-0.1, -0.05) is 30.3 Å². The fraction of sp³-hybridized carbons (Fsp3) is 0.400. The molecule has 1 aromatic rings. The summed E-state index contributed by atoms with van der Waals surface area (Å²) in [6.45, 7) is 2.55. The Labute approximate surface area is 74.7 Å². The van der Waals surface area contributed by atoms with Gasteiger partial charge in [0.2, 0.25) is 0 Å². The Morgan fingerprint density at radius 2 is 2.08 bits per heavy atom. The molecule has 0 fully saturated rings. The Morgan fingerprint density at radius 3 is 2.67 bits per heavy atom. The van der Waals surface area contributed by atoms with Gasteiger partial charge in [0, 0.05) is 7.97 Å². The average Bonchev–Trinajstić information content (AvgIpc) is 2.05. The number of rotatable bonds is 4. The van der Waals surface area contributed by atoms with E-state index in [0.29, 0.717) is 0 Å². The van der Waals surface area contributed by atoms with E-state index in [4.69, 9.17) is 5.11 Å². The SMILES string of the molecule is CC(O)NCCc1ccccc1.[HH]. The van der Waals surface area contributed by atoms with Gasteiger partial charge in [-0.25, -0.2) is 0 Å². The van der Waals surface area contributed by atoms with E-state index < -0.39 is 6.23 Å². The number of aliphatic hydroxyl groups is 1. The van der Waals surface area contributed by atoms with Crippen molar-refractivity contribution in [1.29, 1.82) is 0 Å². The van der Waals surface area contributed by atoms with E-state index >= 15 is 0 Å². The fourth-order valence-corrected chi connectivity index (χ4v) is 1.07. The largest absolute Gasteiger partial charge is 0.379 e. The van der Waals surface area contributed by atoms with Crippen molar-refractivity contribution in [2.24, 2.45) is 0 Å². The molecule has 2 N–H and O–H groups in total. The average molecular weight is 167 g/mol. The van der Waals surface area contributed by atoms with Gasteiger partial charge in [-0.15, -0.1) is 0 Å². The summed E-state index contributed by atoms with van der Waals surface area (Å²) < 4.78 is 0. The van der Waals surface area contributed by atoms with Crippen LogP contribution in [0.2, 0.25) is 0 Å². The molecule has 1 atom stereocenters. The first-order valence-electron chi connectivity index (χ1n) is 4.24. The van der Waals surface area contributed by atoms with Crippen molar-refractivity contribution < 1.29 is 6.53 Å². The lowest BCUT2D eigenvalue weighted by Crippen LogP contribution is -2.27. The Balaban J connectivity index is 0.00000144. The van der Waals surface area contributed by atoms with Crippen LogP contribution in [0.5, 0.6) is 0 Å². The molecule has 1 aromatic carbocycles. The van der Waals surface area contributed by atoms with Crippen LogP contribution in [0.1, 0.15) is 13.9 Å². The van der Waals surface area contributed by atoms with Crippen LogP contribution in [0, 0.1) is 0 Å². The molecule has 0 aliphatic carbocycles. The summed E-state index contributed by atoms with van der Waals surface area (Å²) in [4.78, 5) is 0. The van der Waals surface area contributed by atoms with E-state index in [1.54, 1.807) is 6.92 Å². The minimum absolute atomic E-state index is 0. The van der Waals surface area contributed by atoms with Gasteiger partial charge in [-0.05, 0) is 18.9 Å². The maximum Gasteiger partial charge on any atom is 0.102 e. The first-order chi connectivity index (χ1) is 5.79. The standard InChI is InChI=1S/C10H15NO.H2/c1-9(12)11-8-7-10-5-3-2-4-6-10;/h2-6,9,11-12H,7-8H2,1H3;1H. The van der Waals surface area contributed by atoms with Gasteiger partial charge in [0.15, 0.2) is 0 Å². The van der Waals surface area contributed by atoms with Gasteiger partial charge in [-0.3, -0.25) is 5.32 Å². The van der Waals surface area contributed by atoms with Crippen LogP contribution in [0.4, 0.5) is 0 Å². The molecule has 1 rings (SSSR count). The maximum atomic E-state index is 8.92. The van der Waals surface area contributed by atoms with Crippen LogP contribution in [-0.4, -0.2) is 17.9 Å². The van der Waals surface area contributed by atoms with Gasteiger partial charge < -0.3 is 5.11 Å². The number of aliphatic hydroxyl groups excluding tert-OH is 1. The van der Waals surface area contributed by atoms with Gasteiger partial charge in [0.05, 0.1) is 0 Å². The fourth-order valence-electron chi connectivity index (χ4n) is 1.07. The van der Waals surface area contributed by atoms with Crippen LogP contribution < -0.4 is 5.32 Å². The second kappa shape index (κ2) is 4.91. The Kier molecular flexibility index (Phi) is 3.77. The van der Waals surface area contributed by atoms with E-state index in [0.717, 1.165) is 13.0 Å². The third-order valence-corrected chi connectivity index (χ3v) is 1.70. The van der Waals surface area contributed by atoms with E-state index in [-0.39, 0.29) is 1.43 Å². The summed E-state index contributed by atoms with van der Waals surface area (Å²) in [5, 5.41) is 11.9. The maximum absolute atomic E-state index is 8.92. The van der Waals surface area contributed by atoms with Gasteiger partial charge in [0.25, 0.3) is 0 Å². The third kappa shape index (κ3) is 3.51. The van der Waals surface area contributed by atoms with Crippen LogP contribution in [0.25, 0.3) is 0 Å². The number of benzene rings is 1. The lowest BCUT2D eigenvalue weighted by atomic mass is 10.1. The van der Waals surface area contributed by atoms with Crippen LogP contribution in [0.3, 0.4) is 0 Å². The predicted octanol–water partition coefficient (Wildman–Crippen LogP) is 1.40. The van der Waals surface area contributed by atoms with Crippen molar-refractivity contribution in [3.05, 3.63) is 35.9 Å². The molecule has 2 nitrogen and oxygen atoms in total. The lowest BCUT2D eigenvalue weighted by Gasteiger charge is -2.06. The predicted molar refractivity (Wildman–Crippen MR) is 51.9 cm³/mol. The van der Waals surface area contributed by atoms with Crippen LogP contribution >= 0.6 is 0 Å². The topological polar surface area (TPSA) is 32.3 Å². The van der Waals surface area contributed by atoms with Crippen molar-refractivity contribution in [2.45, 2.75) is 19.6 Å². The molecule has 0 radical (unpaired) electrons. The molecule has 12 heavy (non-hydrogen) atoms. The summed E-state index contributed by atoms with van der Waals surface area (Å²) in [6.07, 6.45) is 0.555. The minimum atomic E-state index is -0.409. The highest BCUT2D eigenvalue weighted by Gasteiger charge is 1.93. The first kappa shape index (κ1) is 9.23. The smallest absolute Gasteiger partial charge is 0.102 e. The Bertz CT molecular complexity index is 213. The molecule has 68 valence electrons. The lowest BCUT2D eigenvalue weighted by molar-refractivity contribution is 0.157. The molecule has 0 spiro atoms. The third-order valence-electron chi connectivity index (χ3n) is 1.70. The van der Waals surface area contributed by atoms with Crippen molar-refractivity contribution >= 4 is 0 Å². The molecule has 0 heterocycles. The molecule has 0 saturated heterocycles. The van der Waals surface area contributed by atoms with Crippen molar-refractivity contribution in [1.82, 2.24) is 5.32 Å². The van der Waals surface area contributed by atoms with Crippen molar-refractivity contribution in [2.75, 3.05) is 6.54 Å². The summed E-state index contributed by atoms with van der Waals surface area (Å²) in [7, 11) is 0. The Morgan fingerprint density at radius 1 is 1.42 bits per heavy atom. The highest BCUT2D eigenvalue weighted by atomic mass is 16.3. The first-order valence-corrected chi connectivity index (χ1v) is 4.24.